The summed E-state index contributed by atoms with van der Waals surface area (Å²) in [6.45, 7) is 1.67. The third-order valence-corrected chi connectivity index (χ3v) is 2.29. The van der Waals surface area contributed by atoms with E-state index < -0.39 is 29.3 Å². The smallest absolute Gasteiger partial charge is 0.324 e. The number of alkyl halides is 2. The summed E-state index contributed by atoms with van der Waals surface area (Å²) in [5.41, 5.74) is 0.0876. The molecule has 0 saturated heterocycles. The molecule has 0 aromatic heterocycles. The molecule has 1 rings (SSSR count). The van der Waals surface area contributed by atoms with E-state index in [-0.39, 0.29) is 0 Å². The Bertz CT molecular complexity index is 425. The lowest BCUT2D eigenvalue weighted by molar-refractivity contribution is -0.174. The van der Waals surface area contributed by atoms with Crippen LogP contribution in [0.4, 0.5) is 8.78 Å². The highest BCUT2D eigenvalue weighted by atomic mass is 19.3. The molecule has 92 valence electrons. The Morgan fingerprint density at radius 3 is 1.88 bits per heavy atom. The quantitative estimate of drug-likeness (QED) is 0.793. The molecule has 0 aliphatic rings. The number of halogens is 2. The van der Waals surface area contributed by atoms with Gasteiger partial charge in [-0.3, -0.25) is 9.59 Å². The first-order valence-corrected chi connectivity index (χ1v) is 4.67. The van der Waals surface area contributed by atoms with Gasteiger partial charge >= 0.3 is 11.9 Å². The predicted octanol–water partition coefficient (Wildman–Crippen LogP) is 1.87. The first-order chi connectivity index (χ1) is 7.76. The van der Waals surface area contributed by atoms with Crippen LogP contribution in [-0.4, -0.2) is 22.2 Å². The minimum atomic E-state index is -3.95. The third kappa shape index (κ3) is 2.58. The molecule has 0 spiro atoms. The topological polar surface area (TPSA) is 74.6 Å². The largest absolute Gasteiger partial charge is 0.480 e. The Morgan fingerprint density at radius 2 is 1.53 bits per heavy atom. The molecule has 1 aromatic rings. The van der Waals surface area contributed by atoms with Gasteiger partial charge in [-0.2, -0.15) is 8.78 Å². The summed E-state index contributed by atoms with van der Waals surface area (Å²) in [6.07, 6.45) is 0. The van der Waals surface area contributed by atoms with Gasteiger partial charge in [0.2, 0.25) is 5.92 Å². The van der Waals surface area contributed by atoms with Crippen LogP contribution in [0.1, 0.15) is 11.1 Å². The molecule has 0 aliphatic carbocycles. The van der Waals surface area contributed by atoms with E-state index in [4.69, 9.17) is 10.2 Å². The number of hydrogen-bond donors (Lipinski definition) is 2. The molecule has 2 N–H and O–H groups in total. The molecule has 0 amide bonds. The minimum absolute atomic E-state index is 0.627. The molecule has 0 radical (unpaired) electrons. The standard InChI is InChI=1S/C11H10F2O4/c1-6-2-4-7(5-3-6)11(12,13)8(9(14)15)10(16)17/h2-5,8H,1H3,(H,14,15)(H,16,17). The highest BCUT2D eigenvalue weighted by molar-refractivity contribution is 5.94. The fraction of sp³-hybridized carbons (Fsp3) is 0.273. The summed E-state index contributed by atoms with van der Waals surface area (Å²) >= 11 is 0. The van der Waals surface area contributed by atoms with Gasteiger partial charge in [-0.05, 0) is 6.92 Å². The maximum absolute atomic E-state index is 13.7. The molecule has 0 atom stereocenters. The van der Waals surface area contributed by atoms with E-state index in [2.05, 4.69) is 0 Å². The van der Waals surface area contributed by atoms with E-state index >= 15 is 0 Å². The normalized spacial score (nSPS) is 11.5. The van der Waals surface area contributed by atoms with Crippen LogP contribution < -0.4 is 0 Å². The van der Waals surface area contributed by atoms with Crippen molar-refractivity contribution in [3.8, 4) is 0 Å². The second kappa shape index (κ2) is 4.48. The van der Waals surface area contributed by atoms with Crippen LogP contribution in [0.15, 0.2) is 24.3 Å². The summed E-state index contributed by atoms with van der Waals surface area (Å²) in [4.78, 5) is 21.1. The highest BCUT2D eigenvalue weighted by Crippen LogP contribution is 2.36. The Morgan fingerprint density at radius 1 is 1.12 bits per heavy atom. The van der Waals surface area contributed by atoms with Crippen LogP contribution >= 0.6 is 0 Å². The Kier molecular flexibility index (Phi) is 3.45. The van der Waals surface area contributed by atoms with Gasteiger partial charge in [0.1, 0.15) is 0 Å². The molecule has 0 unspecified atom stereocenters. The second-order valence-corrected chi connectivity index (χ2v) is 3.60. The van der Waals surface area contributed by atoms with E-state index in [0.29, 0.717) is 5.56 Å². The van der Waals surface area contributed by atoms with Crippen molar-refractivity contribution in [2.75, 3.05) is 0 Å². The molecule has 0 bridgehead atoms. The number of rotatable bonds is 4. The summed E-state index contributed by atoms with van der Waals surface area (Å²) in [5.74, 6) is -10.9. The van der Waals surface area contributed by atoms with E-state index in [9.17, 15) is 18.4 Å². The maximum atomic E-state index is 13.7. The lowest BCUT2D eigenvalue weighted by atomic mass is 9.94. The third-order valence-electron chi connectivity index (χ3n) is 2.29. The van der Waals surface area contributed by atoms with Crippen molar-refractivity contribution in [1.29, 1.82) is 0 Å². The molecule has 0 fully saturated rings. The van der Waals surface area contributed by atoms with Crippen molar-refractivity contribution in [3.05, 3.63) is 35.4 Å². The van der Waals surface area contributed by atoms with Crippen molar-refractivity contribution in [1.82, 2.24) is 0 Å². The molecule has 0 heterocycles. The van der Waals surface area contributed by atoms with Gasteiger partial charge in [-0.1, -0.05) is 29.8 Å². The van der Waals surface area contributed by atoms with Crippen molar-refractivity contribution < 1.29 is 28.6 Å². The van der Waals surface area contributed by atoms with Gasteiger partial charge in [-0.15, -0.1) is 0 Å². The first-order valence-electron chi connectivity index (χ1n) is 4.67. The van der Waals surface area contributed by atoms with Gasteiger partial charge in [0.25, 0.3) is 5.92 Å². The highest BCUT2D eigenvalue weighted by Gasteiger charge is 2.51. The Balaban J connectivity index is 3.20. The molecule has 0 saturated carbocycles. The zero-order valence-corrected chi connectivity index (χ0v) is 8.85. The molecule has 17 heavy (non-hydrogen) atoms. The molecule has 6 heteroatoms. The van der Waals surface area contributed by atoms with Crippen LogP contribution in [0, 0.1) is 12.8 Å². The van der Waals surface area contributed by atoms with Crippen LogP contribution in [-0.2, 0) is 15.5 Å². The van der Waals surface area contributed by atoms with Crippen molar-refractivity contribution in [3.63, 3.8) is 0 Å². The first kappa shape index (κ1) is 13.1. The van der Waals surface area contributed by atoms with Crippen LogP contribution in [0.25, 0.3) is 0 Å². The van der Waals surface area contributed by atoms with Gasteiger partial charge in [0.15, 0.2) is 0 Å². The number of aliphatic carboxylic acids is 2. The summed E-state index contributed by atoms with van der Waals surface area (Å²) in [6, 6.07) is 4.77. The summed E-state index contributed by atoms with van der Waals surface area (Å²) in [5, 5.41) is 17.1. The van der Waals surface area contributed by atoms with Gasteiger partial charge in [0.05, 0.1) is 0 Å². The average molecular weight is 244 g/mol. The zero-order valence-electron chi connectivity index (χ0n) is 8.85. The number of benzene rings is 1. The maximum Gasteiger partial charge on any atom is 0.324 e. The fourth-order valence-corrected chi connectivity index (χ4v) is 1.36. The lowest BCUT2D eigenvalue weighted by Crippen LogP contribution is -2.38. The van der Waals surface area contributed by atoms with Crippen molar-refractivity contribution >= 4 is 11.9 Å². The summed E-state index contributed by atoms with van der Waals surface area (Å²) < 4.78 is 27.4. The molecular formula is C11H10F2O4. The minimum Gasteiger partial charge on any atom is -0.480 e. The molecule has 1 aromatic carbocycles. The van der Waals surface area contributed by atoms with Crippen LogP contribution in [0.2, 0.25) is 0 Å². The lowest BCUT2D eigenvalue weighted by Gasteiger charge is -2.20. The number of carbonyl (C=O) groups is 2. The van der Waals surface area contributed by atoms with Gasteiger partial charge in [-0.25, -0.2) is 0 Å². The van der Waals surface area contributed by atoms with Crippen LogP contribution in [0.3, 0.4) is 0 Å². The van der Waals surface area contributed by atoms with E-state index in [1.54, 1.807) is 6.92 Å². The monoisotopic (exact) mass is 244 g/mol. The zero-order chi connectivity index (χ0) is 13.2. The second-order valence-electron chi connectivity index (χ2n) is 3.60. The van der Waals surface area contributed by atoms with Crippen LogP contribution in [0.5, 0.6) is 0 Å². The van der Waals surface area contributed by atoms with Crippen molar-refractivity contribution in [2.45, 2.75) is 12.8 Å². The number of aryl methyl sites for hydroxylation is 1. The van der Waals surface area contributed by atoms with E-state index in [1.807, 2.05) is 0 Å². The molecular weight excluding hydrogens is 234 g/mol. The molecule has 4 nitrogen and oxygen atoms in total. The number of hydrogen-bond acceptors (Lipinski definition) is 2. The van der Waals surface area contributed by atoms with Gasteiger partial charge < -0.3 is 10.2 Å². The van der Waals surface area contributed by atoms with Crippen molar-refractivity contribution in [2.24, 2.45) is 5.92 Å². The Labute approximate surface area is 95.5 Å². The van der Waals surface area contributed by atoms with Gasteiger partial charge in [0, 0.05) is 5.56 Å². The Hall–Kier alpha value is -1.98. The average Bonchev–Trinajstić information content (AvgIpc) is 2.16. The number of carboxylic acids is 2. The predicted molar refractivity (Wildman–Crippen MR) is 53.8 cm³/mol. The molecule has 0 aliphatic heterocycles. The van der Waals surface area contributed by atoms with E-state index in [0.717, 1.165) is 12.1 Å². The number of carboxylic acid groups (broad SMARTS) is 2. The SMILES string of the molecule is Cc1ccc(C(F)(F)C(C(=O)O)C(=O)O)cc1. The fourth-order valence-electron chi connectivity index (χ4n) is 1.36. The van der Waals surface area contributed by atoms with E-state index in [1.165, 1.54) is 12.1 Å². The summed E-state index contributed by atoms with van der Waals surface area (Å²) in [7, 11) is 0.